The molecule has 5 nitrogen and oxygen atoms in total. The topological polar surface area (TPSA) is 74.2 Å². The molecular weight excluding hydrogens is 242 g/mol. The van der Waals surface area contributed by atoms with Crippen LogP contribution >= 0.6 is 0 Å². The summed E-state index contributed by atoms with van der Waals surface area (Å²) in [6.07, 6.45) is 7.54. The zero-order valence-electron chi connectivity index (χ0n) is 11.8. The van der Waals surface area contributed by atoms with Crippen LogP contribution in [0.25, 0.3) is 0 Å². The van der Waals surface area contributed by atoms with E-state index < -0.39 is 0 Å². The summed E-state index contributed by atoms with van der Waals surface area (Å²) in [5, 5.41) is 4.17. The fourth-order valence-corrected chi connectivity index (χ4v) is 3.28. The van der Waals surface area contributed by atoms with E-state index in [2.05, 4.69) is 17.1 Å². The smallest absolute Gasteiger partial charge is 0.234 e. The van der Waals surface area contributed by atoms with Crippen molar-refractivity contribution in [1.82, 2.24) is 10.1 Å². The summed E-state index contributed by atoms with van der Waals surface area (Å²) in [6.45, 7) is 2.15. The van der Waals surface area contributed by atoms with E-state index in [0.717, 1.165) is 32.1 Å². The molecule has 106 valence electrons. The molecule has 2 saturated carbocycles. The molecule has 1 aromatic rings. The third kappa shape index (κ3) is 1.91. The van der Waals surface area contributed by atoms with Gasteiger partial charge in [0, 0.05) is 13.2 Å². The maximum Gasteiger partial charge on any atom is 0.234 e. The van der Waals surface area contributed by atoms with Gasteiger partial charge in [0.1, 0.15) is 5.60 Å². The normalized spacial score (nSPS) is 33.9. The SMILES string of the molecule is COC1(c2noc(C3(C)CCCCC3N)n2)CCC1. The second-order valence-electron chi connectivity index (χ2n) is 6.24. The van der Waals surface area contributed by atoms with Crippen molar-refractivity contribution in [2.24, 2.45) is 5.73 Å². The van der Waals surface area contributed by atoms with Gasteiger partial charge in [-0.1, -0.05) is 18.0 Å². The number of methoxy groups -OCH3 is 1. The Balaban J connectivity index is 1.88. The molecule has 0 aromatic carbocycles. The lowest BCUT2D eigenvalue weighted by molar-refractivity contribution is -0.0858. The van der Waals surface area contributed by atoms with E-state index in [1.54, 1.807) is 7.11 Å². The zero-order valence-corrected chi connectivity index (χ0v) is 11.8. The van der Waals surface area contributed by atoms with Gasteiger partial charge in [0.2, 0.25) is 11.7 Å². The number of rotatable bonds is 3. The first-order valence-corrected chi connectivity index (χ1v) is 7.26. The van der Waals surface area contributed by atoms with Crippen LogP contribution in [0.15, 0.2) is 4.52 Å². The van der Waals surface area contributed by atoms with Gasteiger partial charge in [-0.15, -0.1) is 0 Å². The van der Waals surface area contributed by atoms with Crippen LogP contribution in [0.4, 0.5) is 0 Å². The third-order valence-corrected chi connectivity index (χ3v) is 5.15. The van der Waals surface area contributed by atoms with Crippen molar-refractivity contribution in [2.45, 2.75) is 68.9 Å². The maximum atomic E-state index is 6.28. The summed E-state index contributed by atoms with van der Waals surface area (Å²) in [4.78, 5) is 4.64. The molecule has 2 fully saturated rings. The Hall–Kier alpha value is -0.940. The molecule has 0 spiro atoms. The van der Waals surface area contributed by atoms with Crippen LogP contribution in [0, 0.1) is 0 Å². The van der Waals surface area contributed by atoms with Crippen molar-refractivity contribution in [3.05, 3.63) is 11.7 Å². The van der Waals surface area contributed by atoms with E-state index in [1.807, 2.05) is 0 Å². The number of aromatic nitrogens is 2. The van der Waals surface area contributed by atoms with Crippen LogP contribution in [0.5, 0.6) is 0 Å². The highest BCUT2D eigenvalue weighted by Crippen LogP contribution is 2.44. The summed E-state index contributed by atoms with van der Waals surface area (Å²) < 4.78 is 11.1. The first-order chi connectivity index (χ1) is 9.11. The van der Waals surface area contributed by atoms with Gasteiger partial charge in [0.25, 0.3) is 0 Å². The molecular formula is C14H23N3O2. The molecule has 5 heteroatoms. The Labute approximate surface area is 113 Å². The lowest BCUT2D eigenvalue weighted by Crippen LogP contribution is -2.46. The van der Waals surface area contributed by atoms with Gasteiger partial charge in [0.15, 0.2) is 0 Å². The fourth-order valence-electron chi connectivity index (χ4n) is 3.28. The molecule has 0 saturated heterocycles. The van der Waals surface area contributed by atoms with Gasteiger partial charge in [-0.25, -0.2) is 0 Å². The van der Waals surface area contributed by atoms with Gasteiger partial charge in [0.05, 0.1) is 5.41 Å². The molecule has 2 N–H and O–H groups in total. The van der Waals surface area contributed by atoms with Crippen LogP contribution in [0.3, 0.4) is 0 Å². The van der Waals surface area contributed by atoms with Crippen molar-refractivity contribution in [1.29, 1.82) is 0 Å². The molecule has 0 aliphatic heterocycles. The molecule has 2 aliphatic rings. The van der Waals surface area contributed by atoms with E-state index in [-0.39, 0.29) is 17.1 Å². The molecule has 1 heterocycles. The summed E-state index contributed by atoms with van der Waals surface area (Å²) in [6, 6.07) is 0.106. The van der Waals surface area contributed by atoms with E-state index in [1.165, 1.54) is 12.8 Å². The predicted molar refractivity (Wildman–Crippen MR) is 70.6 cm³/mol. The minimum absolute atomic E-state index is 0.106. The monoisotopic (exact) mass is 265 g/mol. The molecule has 19 heavy (non-hydrogen) atoms. The summed E-state index contributed by atoms with van der Waals surface area (Å²) in [7, 11) is 1.73. The van der Waals surface area contributed by atoms with Crippen molar-refractivity contribution >= 4 is 0 Å². The van der Waals surface area contributed by atoms with Crippen LogP contribution in [-0.2, 0) is 15.8 Å². The van der Waals surface area contributed by atoms with Crippen LogP contribution in [0.1, 0.15) is 63.6 Å². The Morgan fingerprint density at radius 2 is 2.05 bits per heavy atom. The molecule has 2 atom stereocenters. The first-order valence-electron chi connectivity index (χ1n) is 7.26. The minimum atomic E-state index is -0.309. The van der Waals surface area contributed by atoms with Crippen molar-refractivity contribution in [3.63, 3.8) is 0 Å². The van der Waals surface area contributed by atoms with Gasteiger partial charge < -0.3 is 15.0 Å². The number of nitrogens with zero attached hydrogens (tertiary/aromatic N) is 2. The molecule has 2 aliphatic carbocycles. The van der Waals surface area contributed by atoms with Crippen molar-refractivity contribution < 1.29 is 9.26 Å². The highest BCUT2D eigenvalue weighted by Gasteiger charge is 2.46. The minimum Gasteiger partial charge on any atom is -0.370 e. The molecule has 0 radical (unpaired) electrons. The third-order valence-electron chi connectivity index (χ3n) is 5.15. The van der Waals surface area contributed by atoms with Crippen molar-refractivity contribution in [2.75, 3.05) is 7.11 Å². The maximum absolute atomic E-state index is 6.28. The van der Waals surface area contributed by atoms with Crippen LogP contribution in [-0.4, -0.2) is 23.3 Å². The fraction of sp³-hybridized carbons (Fsp3) is 0.857. The van der Waals surface area contributed by atoms with Crippen LogP contribution in [0.2, 0.25) is 0 Å². The molecule has 1 aromatic heterocycles. The summed E-state index contributed by atoms with van der Waals surface area (Å²) >= 11 is 0. The number of ether oxygens (including phenoxy) is 1. The van der Waals surface area contributed by atoms with Crippen molar-refractivity contribution in [3.8, 4) is 0 Å². The summed E-state index contributed by atoms with van der Waals surface area (Å²) in [5.74, 6) is 1.40. The van der Waals surface area contributed by atoms with Gasteiger partial charge >= 0.3 is 0 Å². The highest BCUT2D eigenvalue weighted by molar-refractivity contribution is 5.14. The van der Waals surface area contributed by atoms with E-state index >= 15 is 0 Å². The highest BCUT2D eigenvalue weighted by atomic mass is 16.5. The Kier molecular flexibility index (Phi) is 3.14. The second kappa shape index (κ2) is 4.56. The van der Waals surface area contributed by atoms with Gasteiger partial charge in [-0.2, -0.15) is 4.98 Å². The predicted octanol–water partition coefficient (Wildman–Crippen LogP) is 2.25. The number of nitrogens with two attached hydrogens (primary N) is 1. The first kappa shape index (κ1) is 13.1. The Morgan fingerprint density at radius 3 is 2.63 bits per heavy atom. The van der Waals surface area contributed by atoms with Crippen LogP contribution < -0.4 is 5.73 Å². The molecule has 3 rings (SSSR count). The van der Waals surface area contributed by atoms with E-state index in [0.29, 0.717) is 11.7 Å². The lowest BCUT2D eigenvalue weighted by Gasteiger charge is -2.38. The number of hydrogen-bond donors (Lipinski definition) is 1. The van der Waals surface area contributed by atoms with Gasteiger partial charge in [-0.05, 0) is 39.0 Å². The van der Waals surface area contributed by atoms with Gasteiger partial charge in [-0.3, -0.25) is 0 Å². The number of hydrogen-bond acceptors (Lipinski definition) is 5. The van der Waals surface area contributed by atoms with E-state index in [9.17, 15) is 0 Å². The molecule has 0 bridgehead atoms. The standard InChI is InChI=1S/C14H23N3O2/c1-13(7-4-3-6-10(13)15)12-16-11(17-19-12)14(18-2)8-5-9-14/h10H,3-9,15H2,1-2H3. The lowest BCUT2D eigenvalue weighted by atomic mass is 9.72. The average Bonchev–Trinajstić information content (AvgIpc) is 2.83. The Morgan fingerprint density at radius 1 is 1.26 bits per heavy atom. The second-order valence-corrected chi connectivity index (χ2v) is 6.24. The Bertz CT molecular complexity index is 450. The quantitative estimate of drug-likeness (QED) is 0.907. The zero-order chi connectivity index (χ0) is 13.5. The largest absolute Gasteiger partial charge is 0.370 e. The molecule has 2 unspecified atom stereocenters. The summed E-state index contributed by atoms with van der Waals surface area (Å²) in [5.41, 5.74) is 5.80. The average molecular weight is 265 g/mol. The van der Waals surface area contributed by atoms with E-state index in [4.69, 9.17) is 15.0 Å². The molecule has 0 amide bonds.